The van der Waals surface area contributed by atoms with Gasteiger partial charge in [0.05, 0.1) is 6.61 Å². The van der Waals surface area contributed by atoms with Gasteiger partial charge in [0.2, 0.25) is 5.82 Å². The smallest absolute Gasteiger partial charge is 0.204 e. The van der Waals surface area contributed by atoms with Crippen LogP contribution in [0.4, 0.5) is 0 Å². The van der Waals surface area contributed by atoms with E-state index in [0.29, 0.717) is 11.9 Å². The molecular formula is C9H15N5O. The van der Waals surface area contributed by atoms with Crippen molar-refractivity contribution in [3.63, 3.8) is 0 Å². The van der Waals surface area contributed by atoms with Crippen LogP contribution in [0.5, 0.6) is 0 Å². The maximum atomic E-state index is 5.77. The summed E-state index contributed by atoms with van der Waals surface area (Å²) in [7, 11) is 0. The Bertz CT molecular complexity index is 314. The van der Waals surface area contributed by atoms with Gasteiger partial charge in [0.1, 0.15) is 6.10 Å². The standard InChI is InChI=1S/C9H15N5O/c1-2-4-14-5-8(9-10-12-13-11-9)15-6-7(14)3-1/h7-8H,1-6H2,(H,10,11,12,13)/t7?,8-/m1/s1. The number of nitrogens with one attached hydrogen (secondary N) is 1. The number of aromatic amines is 1. The van der Waals surface area contributed by atoms with Gasteiger partial charge >= 0.3 is 0 Å². The van der Waals surface area contributed by atoms with Crippen molar-refractivity contribution < 1.29 is 4.74 Å². The number of aromatic nitrogens is 4. The van der Waals surface area contributed by atoms with Gasteiger partial charge in [-0.2, -0.15) is 5.21 Å². The van der Waals surface area contributed by atoms with Crippen LogP contribution < -0.4 is 0 Å². The van der Waals surface area contributed by atoms with Crippen LogP contribution in [0, 0.1) is 0 Å². The summed E-state index contributed by atoms with van der Waals surface area (Å²) in [5.74, 6) is 0.680. The lowest BCUT2D eigenvalue weighted by molar-refractivity contribution is -0.0799. The topological polar surface area (TPSA) is 66.9 Å². The number of tetrazole rings is 1. The molecule has 2 aliphatic heterocycles. The second kappa shape index (κ2) is 3.86. The Hall–Kier alpha value is -1.01. The number of rotatable bonds is 1. The van der Waals surface area contributed by atoms with E-state index in [2.05, 4.69) is 25.5 Å². The number of morpholine rings is 1. The highest BCUT2D eigenvalue weighted by molar-refractivity contribution is 4.92. The van der Waals surface area contributed by atoms with Gasteiger partial charge in [-0.15, -0.1) is 10.2 Å². The van der Waals surface area contributed by atoms with Crippen molar-refractivity contribution in [3.8, 4) is 0 Å². The fraction of sp³-hybridized carbons (Fsp3) is 0.889. The molecule has 0 spiro atoms. The Kier molecular flexibility index (Phi) is 2.38. The third kappa shape index (κ3) is 1.74. The summed E-state index contributed by atoms with van der Waals surface area (Å²) in [5, 5.41) is 14.0. The highest BCUT2D eigenvalue weighted by atomic mass is 16.5. The van der Waals surface area contributed by atoms with Gasteiger partial charge in [0.15, 0.2) is 0 Å². The van der Waals surface area contributed by atoms with Crippen molar-refractivity contribution in [1.29, 1.82) is 0 Å². The average Bonchev–Trinajstić information content (AvgIpc) is 2.82. The van der Waals surface area contributed by atoms with Crippen LogP contribution in [0.25, 0.3) is 0 Å². The molecule has 1 aromatic rings. The van der Waals surface area contributed by atoms with Gasteiger partial charge < -0.3 is 4.74 Å². The number of hydrogen-bond donors (Lipinski definition) is 1. The third-order valence-corrected chi connectivity index (χ3v) is 3.29. The average molecular weight is 209 g/mol. The molecule has 1 aromatic heterocycles. The molecule has 0 radical (unpaired) electrons. The third-order valence-electron chi connectivity index (χ3n) is 3.29. The molecule has 2 fully saturated rings. The number of ether oxygens (including phenoxy) is 1. The first-order chi connectivity index (χ1) is 7.43. The summed E-state index contributed by atoms with van der Waals surface area (Å²) in [6.07, 6.45) is 3.89. The molecule has 0 aromatic carbocycles. The molecule has 2 saturated heterocycles. The van der Waals surface area contributed by atoms with Gasteiger partial charge in [-0.05, 0) is 19.4 Å². The predicted molar refractivity (Wildman–Crippen MR) is 52.1 cm³/mol. The van der Waals surface area contributed by atoms with E-state index < -0.39 is 0 Å². The zero-order chi connectivity index (χ0) is 10.1. The van der Waals surface area contributed by atoms with Crippen LogP contribution in [0.15, 0.2) is 0 Å². The fourth-order valence-electron chi connectivity index (χ4n) is 2.44. The SMILES string of the molecule is C1CCN2C[C@H](c3nn[nH]n3)OCC2C1. The first-order valence-corrected chi connectivity index (χ1v) is 5.52. The van der Waals surface area contributed by atoms with Crippen molar-refractivity contribution in [2.45, 2.75) is 31.4 Å². The van der Waals surface area contributed by atoms with E-state index in [1.807, 2.05) is 0 Å². The van der Waals surface area contributed by atoms with Crippen LogP contribution in [0.3, 0.4) is 0 Å². The summed E-state index contributed by atoms with van der Waals surface area (Å²) in [5.41, 5.74) is 0. The summed E-state index contributed by atoms with van der Waals surface area (Å²) < 4.78 is 5.77. The fourth-order valence-corrected chi connectivity index (χ4v) is 2.44. The highest BCUT2D eigenvalue weighted by Gasteiger charge is 2.32. The Morgan fingerprint density at radius 1 is 1.40 bits per heavy atom. The largest absolute Gasteiger partial charge is 0.367 e. The van der Waals surface area contributed by atoms with Crippen LogP contribution >= 0.6 is 0 Å². The van der Waals surface area contributed by atoms with E-state index in [9.17, 15) is 0 Å². The summed E-state index contributed by atoms with van der Waals surface area (Å²) in [4.78, 5) is 2.49. The first-order valence-electron chi connectivity index (χ1n) is 5.52. The molecule has 2 atom stereocenters. The number of fused-ring (bicyclic) bond motifs is 1. The lowest BCUT2D eigenvalue weighted by Crippen LogP contribution is -2.49. The zero-order valence-electron chi connectivity index (χ0n) is 8.59. The Morgan fingerprint density at radius 2 is 2.40 bits per heavy atom. The van der Waals surface area contributed by atoms with Crippen LogP contribution in [-0.2, 0) is 4.74 Å². The van der Waals surface area contributed by atoms with Crippen LogP contribution in [-0.4, -0.2) is 51.3 Å². The number of nitrogens with zero attached hydrogens (tertiary/aromatic N) is 4. The summed E-state index contributed by atoms with van der Waals surface area (Å²) >= 11 is 0. The van der Waals surface area contributed by atoms with Gasteiger partial charge in [0.25, 0.3) is 0 Å². The molecule has 0 saturated carbocycles. The second-order valence-electron chi connectivity index (χ2n) is 4.24. The molecule has 82 valence electrons. The molecule has 3 rings (SSSR count). The van der Waals surface area contributed by atoms with Crippen molar-refractivity contribution in [2.24, 2.45) is 0 Å². The lowest BCUT2D eigenvalue weighted by atomic mass is 10.0. The molecule has 6 heteroatoms. The van der Waals surface area contributed by atoms with Gasteiger partial charge in [-0.1, -0.05) is 11.6 Å². The van der Waals surface area contributed by atoms with Crippen molar-refractivity contribution in [1.82, 2.24) is 25.5 Å². The Balaban J connectivity index is 1.70. The molecule has 2 aliphatic rings. The molecule has 0 aliphatic carbocycles. The van der Waals surface area contributed by atoms with Crippen molar-refractivity contribution >= 4 is 0 Å². The summed E-state index contributed by atoms with van der Waals surface area (Å²) in [6.45, 7) is 2.89. The molecule has 0 bridgehead atoms. The maximum Gasteiger partial charge on any atom is 0.204 e. The lowest BCUT2D eigenvalue weighted by Gasteiger charge is -2.41. The number of hydrogen-bond acceptors (Lipinski definition) is 5. The van der Waals surface area contributed by atoms with E-state index >= 15 is 0 Å². The molecule has 0 amide bonds. The Morgan fingerprint density at radius 3 is 3.27 bits per heavy atom. The van der Waals surface area contributed by atoms with E-state index in [1.54, 1.807) is 0 Å². The van der Waals surface area contributed by atoms with Crippen LogP contribution in [0.2, 0.25) is 0 Å². The second-order valence-corrected chi connectivity index (χ2v) is 4.24. The summed E-state index contributed by atoms with van der Waals surface area (Å²) in [6, 6.07) is 0.613. The minimum atomic E-state index is -0.00176. The molecule has 1 N–H and O–H groups in total. The maximum absolute atomic E-state index is 5.77. The van der Waals surface area contributed by atoms with Crippen molar-refractivity contribution in [3.05, 3.63) is 5.82 Å². The molecular weight excluding hydrogens is 194 g/mol. The number of H-pyrrole nitrogens is 1. The van der Waals surface area contributed by atoms with Crippen molar-refractivity contribution in [2.75, 3.05) is 19.7 Å². The number of piperidine rings is 1. The van der Waals surface area contributed by atoms with E-state index in [-0.39, 0.29) is 6.10 Å². The van der Waals surface area contributed by atoms with E-state index in [0.717, 1.165) is 13.2 Å². The first kappa shape index (κ1) is 9.23. The van der Waals surface area contributed by atoms with E-state index in [4.69, 9.17) is 4.74 Å². The van der Waals surface area contributed by atoms with Gasteiger partial charge in [-0.3, -0.25) is 4.90 Å². The molecule has 6 nitrogen and oxygen atoms in total. The monoisotopic (exact) mass is 209 g/mol. The quantitative estimate of drug-likeness (QED) is 0.712. The van der Waals surface area contributed by atoms with Gasteiger partial charge in [-0.25, -0.2) is 0 Å². The zero-order valence-corrected chi connectivity index (χ0v) is 8.59. The van der Waals surface area contributed by atoms with Crippen LogP contribution in [0.1, 0.15) is 31.2 Å². The minimum absolute atomic E-state index is 0.00176. The molecule has 15 heavy (non-hydrogen) atoms. The molecule has 3 heterocycles. The minimum Gasteiger partial charge on any atom is -0.367 e. The van der Waals surface area contributed by atoms with Gasteiger partial charge in [0, 0.05) is 12.6 Å². The normalized spacial score (nSPS) is 32.5. The Labute approximate surface area is 88.0 Å². The predicted octanol–water partition coefficient (Wildman–Crippen LogP) is 0.125. The molecule has 1 unspecified atom stereocenters. The highest BCUT2D eigenvalue weighted by Crippen LogP contribution is 2.27. The van der Waals surface area contributed by atoms with E-state index in [1.165, 1.54) is 25.8 Å².